The van der Waals surface area contributed by atoms with Crippen molar-refractivity contribution < 1.29 is 22.7 Å². The van der Waals surface area contributed by atoms with Crippen LogP contribution in [0, 0.1) is 0 Å². The lowest BCUT2D eigenvalue weighted by Crippen LogP contribution is -2.42. The highest BCUT2D eigenvalue weighted by atomic mass is 32.2. The molecule has 0 bridgehead atoms. The van der Waals surface area contributed by atoms with Gasteiger partial charge in [0, 0.05) is 23.2 Å². The maximum Gasteiger partial charge on any atom is 0.257 e. The van der Waals surface area contributed by atoms with Gasteiger partial charge in [-0.1, -0.05) is 18.2 Å². The maximum absolute atomic E-state index is 12.4. The molecular weight excluding hydrogens is 370 g/mol. The summed E-state index contributed by atoms with van der Waals surface area (Å²) in [5.41, 5.74) is 3.93. The highest BCUT2D eigenvalue weighted by Crippen LogP contribution is 2.32. The van der Waals surface area contributed by atoms with Crippen LogP contribution in [0.25, 0.3) is 10.9 Å². The third-order valence-corrected chi connectivity index (χ3v) is 5.42. The third kappa shape index (κ3) is 3.60. The molecule has 1 aliphatic heterocycles. The number of fused-ring (bicyclic) bond motifs is 2. The zero-order valence-electron chi connectivity index (χ0n) is 14.2. The molecule has 4 rings (SSSR count). The van der Waals surface area contributed by atoms with Gasteiger partial charge < -0.3 is 14.5 Å². The van der Waals surface area contributed by atoms with Crippen LogP contribution in [0.3, 0.4) is 0 Å². The molecule has 0 saturated carbocycles. The number of carbonyl (C=O) groups is 1. The fourth-order valence-corrected chi connectivity index (χ4v) is 3.74. The molecule has 1 amide bonds. The van der Waals surface area contributed by atoms with Gasteiger partial charge >= 0.3 is 0 Å². The van der Waals surface area contributed by atoms with Crippen molar-refractivity contribution in [1.29, 1.82) is 0 Å². The molecule has 9 heteroatoms. The minimum absolute atomic E-state index is 0.0286. The summed E-state index contributed by atoms with van der Waals surface area (Å²) in [5.74, 6) is 0.374. The third-order valence-electron chi connectivity index (χ3n) is 4.17. The summed E-state index contributed by atoms with van der Waals surface area (Å²) in [6.45, 7) is 0.770. The first-order valence-electron chi connectivity index (χ1n) is 8.28. The molecule has 140 valence electrons. The van der Waals surface area contributed by atoms with Gasteiger partial charge in [0.25, 0.3) is 10.0 Å². The number of hydrogen-bond donors (Lipinski definition) is 3. The molecule has 3 N–H and O–H groups in total. The van der Waals surface area contributed by atoms with E-state index in [2.05, 4.69) is 15.2 Å². The van der Waals surface area contributed by atoms with Crippen molar-refractivity contribution in [2.45, 2.75) is 11.3 Å². The fraction of sp³-hybridized carbons (Fsp3) is 0.167. The summed E-state index contributed by atoms with van der Waals surface area (Å²) in [6, 6.07) is 11.8. The lowest BCUT2D eigenvalue weighted by Gasteiger charge is -2.19. The van der Waals surface area contributed by atoms with Gasteiger partial charge in [-0.05, 0) is 23.8 Å². The van der Waals surface area contributed by atoms with Crippen LogP contribution in [0.5, 0.6) is 11.5 Å². The Kier molecular flexibility index (Phi) is 4.46. The second-order valence-corrected chi connectivity index (χ2v) is 7.68. The molecule has 1 aromatic heterocycles. The number of hydrazine groups is 1. The summed E-state index contributed by atoms with van der Waals surface area (Å²) in [4.78, 5) is 17.3. The van der Waals surface area contributed by atoms with Crippen LogP contribution < -0.4 is 19.7 Å². The Morgan fingerprint density at radius 3 is 2.70 bits per heavy atom. The Bertz CT molecular complexity index is 1110. The maximum atomic E-state index is 12.4. The lowest BCUT2D eigenvalue weighted by atomic mass is 10.1. The van der Waals surface area contributed by atoms with E-state index in [0.717, 1.165) is 16.5 Å². The van der Waals surface area contributed by atoms with Crippen LogP contribution in [-0.4, -0.2) is 32.5 Å². The van der Waals surface area contributed by atoms with Crippen LogP contribution in [0.2, 0.25) is 0 Å². The number of H-pyrrole nitrogens is 1. The standard InChI is InChI=1S/C18H17N3O5S/c22-18(9-12-11-19-15-4-2-1-3-14(12)15)20-21-27(23,24)13-5-6-16-17(10-13)26-8-7-25-16/h1-6,10-11,19,21H,7-9H2,(H,20,22). The van der Waals surface area contributed by atoms with Crippen molar-refractivity contribution in [3.05, 3.63) is 54.2 Å². The van der Waals surface area contributed by atoms with Gasteiger partial charge in [-0.15, -0.1) is 4.83 Å². The number of aromatic amines is 1. The molecular formula is C18H17N3O5S. The van der Waals surface area contributed by atoms with E-state index in [-0.39, 0.29) is 11.3 Å². The summed E-state index contributed by atoms with van der Waals surface area (Å²) < 4.78 is 35.6. The van der Waals surface area contributed by atoms with Crippen molar-refractivity contribution in [1.82, 2.24) is 15.2 Å². The van der Waals surface area contributed by atoms with E-state index in [1.165, 1.54) is 18.2 Å². The molecule has 0 aliphatic carbocycles. The molecule has 0 spiro atoms. The number of amides is 1. The second-order valence-electron chi connectivity index (χ2n) is 6.00. The first-order valence-corrected chi connectivity index (χ1v) is 9.76. The minimum atomic E-state index is -3.94. The Morgan fingerprint density at radius 1 is 1.07 bits per heavy atom. The average Bonchev–Trinajstić information content (AvgIpc) is 3.09. The lowest BCUT2D eigenvalue weighted by molar-refractivity contribution is -0.120. The van der Waals surface area contributed by atoms with Crippen LogP contribution in [0.4, 0.5) is 0 Å². The normalized spacial score (nSPS) is 13.5. The molecule has 0 atom stereocenters. The number of carbonyl (C=O) groups excluding carboxylic acids is 1. The number of aromatic nitrogens is 1. The van der Waals surface area contributed by atoms with E-state index in [1.54, 1.807) is 6.20 Å². The minimum Gasteiger partial charge on any atom is -0.486 e. The predicted molar refractivity (Wildman–Crippen MR) is 97.9 cm³/mol. The molecule has 0 saturated heterocycles. The Hall–Kier alpha value is -3.04. The van der Waals surface area contributed by atoms with Gasteiger partial charge in [0.15, 0.2) is 11.5 Å². The van der Waals surface area contributed by atoms with E-state index >= 15 is 0 Å². The number of nitrogens with one attached hydrogen (secondary N) is 3. The highest BCUT2D eigenvalue weighted by Gasteiger charge is 2.20. The van der Waals surface area contributed by atoms with Gasteiger partial charge in [0.05, 0.1) is 11.3 Å². The van der Waals surface area contributed by atoms with Crippen molar-refractivity contribution in [3.63, 3.8) is 0 Å². The Balaban J connectivity index is 1.43. The van der Waals surface area contributed by atoms with Gasteiger partial charge in [0.2, 0.25) is 5.91 Å². The summed E-state index contributed by atoms with van der Waals surface area (Å²) in [6.07, 6.45) is 1.77. The van der Waals surface area contributed by atoms with Crippen molar-refractivity contribution in [3.8, 4) is 11.5 Å². The SMILES string of the molecule is O=C(Cc1c[nH]c2ccccc12)NNS(=O)(=O)c1ccc2c(c1)OCCO2. The number of benzene rings is 2. The number of sulfonamides is 1. The Morgan fingerprint density at radius 2 is 1.85 bits per heavy atom. The van der Waals surface area contributed by atoms with E-state index in [9.17, 15) is 13.2 Å². The molecule has 0 radical (unpaired) electrons. The predicted octanol–water partition coefficient (Wildman–Crippen LogP) is 1.49. The molecule has 0 unspecified atom stereocenters. The molecule has 3 aromatic rings. The average molecular weight is 387 g/mol. The van der Waals surface area contributed by atoms with E-state index in [1.807, 2.05) is 24.3 Å². The largest absolute Gasteiger partial charge is 0.486 e. The van der Waals surface area contributed by atoms with Crippen LogP contribution in [0.15, 0.2) is 53.6 Å². The van der Waals surface area contributed by atoms with Crippen molar-refractivity contribution in [2.24, 2.45) is 0 Å². The Labute approximate surface area is 155 Å². The topological polar surface area (TPSA) is 110 Å². The molecule has 0 fully saturated rings. The number of para-hydroxylation sites is 1. The van der Waals surface area contributed by atoms with Gasteiger partial charge in [-0.3, -0.25) is 10.2 Å². The highest BCUT2D eigenvalue weighted by molar-refractivity contribution is 7.89. The second kappa shape index (κ2) is 6.93. The van der Waals surface area contributed by atoms with E-state index in [4.69, 9.17) is 9.47 Å². The molecule has 8 nitrogen and oxygen atoms in total. The number of hydrogen-bond acceptors (Lipinski definition) is 5. The van der Waals surface area contributed by atoms with Crippen molar-refractivity contribution >= 4 is 26.8 Å². The summed E-state index contributed by atoms with van der Waals surface area (Å²) in [5, 5.41) is 0.919. The molecule has 27 heavy (non-hydrogen) atoms. The summed E-state index contributed by atoms with van der Waals surface area (Å²) >= 11 is 0. The van der Waals surface area contributed by atoms with Crippen molar-refractivity contribution in [2.75, 3.05) is 13.2 Å². The zero-order chi connectivity index (χ0) is 18.9. The van der Waals surface area contributed by atoms with Gasteiger partial charge in [0.1, 0.15) is 13.2 Å². The van der Waals surface area contributed by atoms with E-state index < -0.39 is 15.9 Å². The smallest absolute Gasteiger partial charge is 0.257 e. The quantitative estimate of drug-likeness (QED) is 0.575. The molecule has 2 heterocycles. The van der Waals surface area contributed by atoms with Gasteiger partial charge in [-0.2, -0.15) is 0 Å². The fourth-order valence-electron chi connectivity index (χ4n) is 2.87. The van der Waals surface area contributed by atoms with Crippen LogP contribution >= 0.6 is 0 Å². The van der Waals surface area contributed by atoms with Gasteiger partial charge in [-0.25, -0.2) is 8.42 Å². The first-order chi connectivity index (χ1) is 13.0. The van der Waals surface area contributed by atoms with E-state index in [0.29, 0.717) is 24.7 Å². The molecule has 2 aromatic carbocycles. The van der Waals surface area contributed by atoms with Crippen LogP contribution in [0.1, 0.15) is 5.56 Å². The summed E-state index contributed by atoms with van der Waals surface area (Å²) in [7, 11) is -3.94. The number of ether oxygens (including phenoxy) is 2. The first kappa shape index (κ1) is 17.4. The molecule has 1 aliphatic rings. The number of rotatable bonds is 5. The monoisotopic (exact) mass is 387 g/mol. The van der Waals surface area contributed by atoms with Crippen LogP contribution in [-0.2, 0) is 21.2 Å². The zero-order valence-corrected chi connectivity index (χ0v) is 15.0.